The molecule has 38 heavy (non-hydrogen) atoms. The standard InChI is InChI=1S/C27H26BrF3N2O3S.ClH/c1-2-36-26(35)22-21-18(14-32-10-3-4-11-32)24(34)19(28)13-20(21)33(17-8-9-17)23(22)25(37)15-6-5-7-16(12-15)27(29,30)31;/h5-7,12-13,17,34H,2-4,8-11,14H2,1H3;1H. The number of thiocarbonyl (C=S) groups is 1. The van der Waals surface area contributed by atoms with Gasteiger partial charge in [0.15, 0.2) is 0 Å². The highest BCUT2D eigenvalue weighted by Crippen LogP contribution is 2.47. The third-order valence-electron chi connectivity index (χ3n) is 6.96. The number of fused-ring (bicyclic) bond motifs is 1. The number of hydrogen-bond acceptors (Lipinski definition) is 5. The zero-order valence-corrected chi connectivity index (χ0v) is 23.8. The number of carbonyl (C=O) groups is 1. The van der Waals surface area contributed by atoms with E-state index in [4.69, 9.17) is 17.0 Å². The number of phenolic OH excluding ortho intramolecular Hbond substituents is 1. The summed E-state index contributed by atoms with van der Waals surface area (Å²) in [4.78, 5) is 15.9. The van der Waals surface area contributed by atoms with Gasteiger partial charge in [0.25, 0.3) is 0 Å². The molecule has 1 saturated carbocycles. The van der Waals surface area contributed by atoms with E-state index < -0.39 is 17.7 Å². The molecule has 11 heteroatoms. The van der Waals surface area contributed by atoms with Crippen LogP contribution in [0.15, 0.2) is 34.8 Å². The number of ether oxygens (including phenoxy) is 1. The molecule has 204 valence electrons. The first-order valence-electron chi connectivity index (χ1n) is 12.3. The number of aromatic hydroxyl groups is 1. The maximum atomic E-state index is 13.5. The fourth-order valence-electron chi connectivity index (χ4n) is 5.13. The maximum absolute atomic E-state index is 13.5. The first-order valence-corrected chi connectivity index (χ1v) is 13.5. The second-order valence-corrected chi connectivity index (χ2v) is 10.8. The average Bonchev–Trinajstić information content (AvgIpc) is 3.45. The fraction of sp³-hybridized carbons (Fsp3) is 0.407. The van der Waals surface area contributed by atoms with Gasteiger partial charge in [-0.2, -0.15) is 13.2 Å². The van der Waals surface area contributed by atoms with Gasteiger partial charge < -0.3 is 14.4 Å². The number of rotatable bonds is 7. The van der Waals surface area contributed by atoms with Gasteiger partial charge >= 0.3 is 12.1 Å². The van der Waals surface area contributed by atoms with Crippen molar-refractivity contribution in [2.45, 2.75) is 51.4 Å². The van der Waals surface area contributed by atoms with Crippen LogP contribution in [0.1, 0.15) is 71.4 Å². The van der Waals surface area contributed by atoms with Gasteiger partial charge in [-0.1, -0.05) is 24.4 Å². The lowest BCUT2D eigenvalue weighted by Gasteiger charge is -2.18. The van der Waals surface area contributed by atoms with Crippen LogP contribution in [0.2, 0.25) is 0 Å². The van der Waals surface area contributed by atoms with E-state index in [0.29, 0.717) is 33.2 Å². The Kier molecular flexibility index (Phi) is 8.47. The van der Waals surface area contributed by atoms with Gasteiger partial charge in [-0.05, 0) is 85.4 Å². The smallest absolute Gasteiger partial charge is 0.416 e. The molecule has 1 saturated heterocycles. The van der Waals surface area contributed by atoms with E-state index >= 15 is 0 Å². The monoisotopic (exact) mass is 630 g/mol. The van der Waals surface area contributed by atoms with E-state index in [1.54, 1.807) is 13.0 Å². The minimum absolute atomic E-state index is 0. The first-order chi connectivity index (χ1) is 17.6. The van der Waals surface area contributed by atoms with Crippen molar-refractivity contribution in [3.63, 3.8) is 0 Å². The number of hydrogen-bond donors (Lipinski definition) is 1. The summed E-state index contributed by atoms with van der Waals surface area (Å²) in [6.07, 6.45) is -0.722. The summed E-state index contributed by atoms with van der Waals surface area (Å²) in [6.45, 7) is 4.00. The predicted molar refractivity (Wildman–Crippen MR) is 150 cm³/mol. The number of benzene rings is 2. The summed E-state index contributed by atoms with van der Waals surface area (Å²) < 4.78 is 48.4. The van der Waals surface area contributed by atoms with Gasteiger partial charge in [0, 0.05) is 23.5 Å². The summed E-state index contributed by atoms with van der Waals surface area (Å²) >= 11 is 9.29. The zero-order valence-electron chi connectivity index (χ0n) is 20.6. The van der Waals surface area contributed by atoms with Crippen LogP contribution >= 0.6 is 40.6 Å². The van der Waals surface area contributed by atoms with Crippen LogP contribution in [0.5, 0.6) is 5.75 Å². The summed E-state index contributed by atoms with van der Waals surface area (Å²) in [6, 6.07) is 6.67. The third-order valence-corrected chi connectivity index (χ3v) is 7.99. The van der Waals surface area contributed by atoms with Gasteiger partial charge in [-0.3, -0.25) is 4.90 Å². The van der Waals surface area contributed by atoms with E-state index in [9.17, 15) is 23.1 Å². The molecule has 1 aliphatic carbocycles. The van der Waals surface area contributed by atoms with Crippen molar-refractivity contribution in [1.29, 1.82) is 0 Å². The van der Waals surface area contributed by atoms with Gasteiger partial charge in [-0.15, -0.1) is 12.4 Å². The molecule has 1 N–H and O–H groups in total. The van der Waals surface area contributed by atoms with Crippen LogP contribution in [0, 0.1) is 0 Å². The lowest BCUT2D eigenvalue weighted by atomic mass is 9.99. The molecule has 5 rings (SSSR count). The molecule has 2 fully saturated rings. The largest absolute Gasteiger partial charge is 0.506 e. The minimum atomic E-state index is -4.53. The number of likely N-dealkylation sites (tertiary alicyclic amines) is 1. The quantitative estimate of drug-likeness (QED) is 0.167. The molecule has 1 aliphatic heterocycles. The molecule has 5 nitrogen and oxygen atoms in total. The van der Waals surface area contributed by atoms with Crippen molar-refractivity contribution >= 4 is 62.3 Å². The first kappa shape index (κ1) is 28.9. The number of halogens is 5. The lowest BCUT2D eigenvalue weighted by Crippen LogP contribution is -2.19. The predicted octanol–water partition coefficient (Wildman–Crippen LogP) is 7.42. The van der Waals surface area contributed by atoms with E-state index in [0.717, 1.165) is 50.9 Å². The number of nitrogens with zero attached hydrogens (tertiary/aromatic N) is 2. The molecule has 2 aliphatic rings. The van der Waals surface area contributed by atoms with Crippen molar-refractivity contribution in [1.82, 2.24) is 9.47 Å². The summed E-state index contributed by atoms with van der Waals surface area (Å²) in [7, 11) is 0. The number of esters is 1. The number of alkyl halides is 3. The second kappa shape index (κ2) is 11.2. The summed E-state index contributed by atoms with van der Waals surface area (Å²) in [5, 5.41) is 11.7. The minimum Gasteiger partial charge on any atom is -0.506 e. The molecule has 2 aromatic carbocycles. The van der Waals surface area contributed by atoms with Crippen LogP contribution in [0.4, 0.5) is 13.2 Å². The Morgan fingerprint density at radius 2 is 1.89 bits per heavy atom. The summed E-state index contributed by atoms with van der Waals surface area (Å²) in [5.74, 6) is -0.574. The SMILES string of the molecule is CCOC(=O)c1c(C(=S)c2cccc(C(F)(F)F)c2)n(C2CC2)c2cc(Br)c(O)c(CN3CCCC3)c12.Cl. The Hall–Kier alpha value is -2.14. The molecular weight excluding hydrogens is 605 g/mol. The average molecular weight is 632 g/mol. The third kappa shape index (κ3) is 5.33. The van der Waals surface area contributed by atoms with Crippen LogP contribution in [-0.2, 0) is 17.5 Å². The van der Waals surface area contributed by atoms with Gasteiger partial charge in [-0.25, -0.2) is 4.79 Å². The van der Waals surface area contributed by atoms with E-state index in [1.807, 2.05) is 4.57 Å². The van der Waals surface area contributed by atoms with Crippen LogP contribution in [-0.4, -0.2) is 45.1 Å². The van der Waals surface area contributed by atoms with E-state index in [1.165, 1.54) is 12.1 Å². The Labute approximate surface area is 238 Å². The van der Waals surface area contributed by atoms with Crippen LogP contribution in [0.3, 0.4) is 0 Å². The maximum Gasteiger partial charge on any atom is 0.416 e. The number of aromatic nitrogens is 1. The van der Waals surface area contributed by atoms with E-state index in [2.05, 4.69) is 20.8 Å². The van der Waals surface area contributed by atoms with Crippen molar-refractivity contribution < 1.29 is 27.8 Å². The fourth-order valence-corrected chi connectivity index (χ4v) is 5.92. The molecule has 1 aromatic heterocycles. The van der Waals surface area contributed by atoms with Crippen molar-refractivity contribution in [3.8, 4) is 5.75 Å². The topological polar surface area (TPSA) is 54.7 Å². The van der Waals surface area contributed by atoms with Gasteiger partial charge in [0.1, 0.15) is 5.75 Å². The highest BCUT2D eigenvalue weighted by molar-refractivity contribution is 9.10. The Morgan fingerprint density at radius 3 is 2.50 bits per heavy atom. The Bertz CT molecular complexity index is 1400. The molecule has 0 unspecified atom stereocenters. The Balaban J connectivity index is 0.00000336. The highest BCUT2D eigenvalue weighted by Gasteiger charge is 2.37. The van der Waals surface area contributed by atoms with E-state index in [-0.39, 0.29) is 46.8 Å². The zero-order chi connectivity index (χ0) is 26.5. The molecule has 0 spiro atoms. The normalized spacial score (nSPS) is 16.0. The highest BCUT2D eigenvalue weighted by atomic mass is 79.9. The van der Waals surface area contributed by atoms with Crippen molar-refractivity contribution in [3.05, 3.63) is 62.8 Å². The Morgan fingerprint density at radius 1 is 1.21 bits per heavy atom. The molecule has 3 aromatic rings. The van der Waals surface area contributed by atoms with Gasteiger partial charge in [0.2, 0.25) is 0 Å². The number of carbonyl (C=O) groups excluding carboxylic acids is 1. The molecule has 0 radical (unpaired) electrons. The van der Waals surface area contributed by atoms with Crippen molar-refractivity contribution in [2.24, 2.45) is 0 Å². The molecule has 0 amide bonds. The second-order valence-electron chi connectivity index (χ2n) is 9.52. The lowest BCUT2D eigenvalue weighted by molar-refractivity contribution is -0.137. The summed E-state index contributed by atoms with van der Waals surface area (Å²) in [5.41, 5.74) is 1.24. The molecule has 0 bridgehead atoms. The van der Waals surface area contributed by atoms with Gasteiger partial charge in [0.05, 0.1) is 38.3 Å². The number of phenols is 1. The van der Waals surface area contributed by atoms with Crippen molar-refractivity contribution in [2.75, 3.05) is 19.7 Å². The van der Waals surface area contributed by atoms with Crippen LogP contribution < -0.4 is 0 Å². The molecule has 2 heterocycles. The molecular formula is C27H27BrClF3N2O3S. The molecule has 0 atom stereocenters. The van der Waals surface area contributed by atoms with Crippen LogP contribution in [0.25, 0.3) is 10.9 Å².